The number of benzene rings is 1. The number of hydrogen-bond acceptors (Lipinski definition) is 1. The van der Waals surface area contributed by atoms with Crippen molar-refractivity contribution < 1.29 is 13.6 Å². The van der Waals surface area contributed by atoms with E-state index in [1.165, 1.54) is 12.1 Å². The Morgan fingerprint density at radius 1 is 1.37 bits per heavy atom. The molecule has 0 aromatic heterocycles. The molecule has 1 saturated heterocycles. The molecule has 19 heavy (non-hydrogen) atoms. The third-order valence-electron chi connectivity index (χ3n) is 3.78. The Morgan fingerprint density at radius 2 is 2.16 bits per heavy atom. The molecule has 0 saturated carbocycles. The van der Waals surface area contributed by atoms with Crippen molar-refractivity contribution in [3.05, 3.63) is 35.4 Å². The Kier molecular flexibility index (Phi) is 4.51. The van der Waals surface area contributed by atoms with Crippen LogP contribution in [0.3, 0.4) is 0 Å². The second-order valence-corrected chi connectivity index (χ2v) is 5.06. The van der Waals surface area contributed by atoms with E-state index in [1.807, 2.05) is 4.90 Å². The zero-order chi connectivity index (χ0) is 13.8. The predicted octanol–water partition coefficient (Wildman–Crippen LogP) is 3.30. The van der Waals surface area contributed by atoms with Gasteiger partial charge in [0.2, 0.25) is 5.91 Å². The van der Waals surface area contributed by atoms with Gasteiger partial charge < -0.3 is 4.90 Å². The highest BCUT2D eigenvalue weighted by molar-refractivity contribution is 5.79. The number of amides is 1. The minimum absolute atomic E-state index is 0.0165. The Balaban J connectivity index is 2.07. The second-order valence-electron chi connectivity index (χ2n) is 5.06. The molecule has 1 aromatic carbocycles. The normalized spacial score (nSPS) is 19.5. The van der Waals surface area contributed by atoms with Crippen molar-refractivity contribution in [1.82, 2.24) is 4.90 Å². The monoisotopic (exact) mass is 267 g/mol. The number of rotatable bonds is 3. The van der Waals surface area contributed by atoms with Crippen LogP contribution < -0.4 is 0 Å². The van der Waals surface area contributed by atoms with Crippen LogP contribution in [0.2, 0.25) is 0 Å². The molecule has 2 rings (SSSR count). The summed E-state index contributed by atoms with van der Waals surface area (Å²) in [5, 5.41) is 0. The topological polar surface area (TPSA) is 20.3 Å². The van der Waals surface area contributed by atoms with Gasteiger partial charge in [-0.05, 0) is 37.3 Å². The standard InChI is InChI=1S/C15H19F2NO/c1-2-13-5-3-4-8-18(13)15(19)9-11-6-7-12(16)10-14(11)17/h6-7,10,13H,2-5,8-9H2,1H3. The molecule has 0 radical (unpaired) electrons. The van der Waals surface area contributed by atoms with Crippen molar-refractivity contribution in [1.29, 1.82) is 0 Å². The van der Waals surface area contributed by atoms with Crippen molar-refractivity contribution in [2.75, 3.05) is 6.54 Å². The average molecular weight is 267 g/mol. The van der Waals surface area contributed by atoms with Gasteiger partial charge in [-0.25, -0.2) is 8.78 Å². The summed E-state index contributed by atoms with van der Waals surface area (Å²) < 4.78 is 26.4. The Labute approximate surface area is 112 Å². The van der Waals surface area contributed by atoms with E-state index in [1.54, 1.807) is 0 Å². The molecule has 0 bridgehead atoms. The van der Waals surface area contributed by atoms with Crippen molar-refractivity contribution in [2.24, 2.45) is 0 Å². The molecule has 1 amide bonds. The van der Waals surface area contributed by atoms with Crippen molar-refractivity contribution in [3.63, 3.8) is 0 Å². The lowest BCUT2D eigenvalue weighted by Crippen LogP contribution is -2.44. The van der Waals surface area contributed by atoms with Crippen LogP contribution in [0.25, 0.3) is 0 Å². The smallest absolute Gasteiger partial charge is 0.227 e. The van der Waals surface area contributed by atoms with E-state index in [4.69, 9.17) is 0 Å². The number of carbonyl (C=O) groups is 1. The Bertz CT molecular complexity index is 461. The van der Waals surface area contributed by atoms with E-state index in [-0.39, 0.29) is 23.9 Å². The third kappa shape index (κ3) is 3.31. The summed E-state index contributed by atoms with van der Waals surface area (Å²) >= 11 is 0. The number of likely N-dealkylation sites (tertiary alicyclic amines) is 1. The SMILES string of the molecule is CCC1CCCCN1C(=O)Cc1ccc(F)cc1F. The maximum Gasteiger partial charge on any atom is 0.227 e. The minimum Gasteiger partial charge on any atom is -0.339 e. The van der Waals surface area contributed by atoms with Crippen LogP contribution in [0.15, 0.2) is 18.2 Å². The summed E-state index contributed by atoms with van der Waals surface area (Å²) in [6.07, 6.45) is 4.12. The zero-order valence-corrected chi connectivity index (χ0v) is 11.2. The third-order valence-corrected chi connectivity index (χ3v) is 3.78. The predicted molar refractivity (Wildman–Crippen MR) is 69.7 cm³/mol. The van der Waals surface area contributed by atoms with E-state index < -0.39 is 11.6 Å². The molecule has 1 aliphatic heterocycles. The largest absolute Gasteiger partial charge is 0.339 e. The second kappa shape index (κ2) is 6.13. The van der Waals surface area contributed by atoms with Gasteiger partial charge in [-0.3, -0.25) is 4.79 Å². The van der Waals surface area contributed by atoms with Crippen molar-refractivity contribution in [3.8, 4) is 0 Å². The quantitative estimate of drug-likeness (QED) is 0.823. The fourth-order valence-electron chi connectivity index (χ4n) is 2.68. The van der Waals surface area contributed by atoms with Crippen LogP contribution in [0, 0.1) is 11.6 Å². The fourth-order valence-corrected chi connectivity index (χ4v) is 2.68. The van der Waals surface area contributed by atoms with Gasteiger partial charge in [0, 0.05) is 18.7 Å². The summed E-state index contributed by atoms with van der Waals surface area (Å²) in [5.74, 6) is -1.31. The van der Waals surface area contributed by atoms with Gasteiger partial charge in [-0.1, -0.05) is 13.0 Å². The van der Waals surface area contributed by atoms with Crippen LogP contribution in [0.5, 0.6) is 0 Å². The Morgan fingerprint density at radius 3 is 2.84 bits per heavy atom. The number of nitrogens with zero attached hydrogens (tertiary/aromatic N) is 1. The van der Waals surface area contributed by atoms with Gasteiger partial charge >= 0.3 is 0 Å². The summed E-state index contributed by atoms with van der Waals surface area (Å²) in [6.45, 7) is 2.81. The number of piperidine rings is 1. The first kappa shape index (κ1) is 14.0. The van der Waals surface area contributed by atoms with Gasteiger partial charge in [-0.15, -0.1) is 0 Å². The number of halogens is 2. The highest BCUT2D eigenvalue weighted by Gasteiger charge is 2.25. The average Bonchev–Trinajstić information content (AvgIpc) is 2.41. The molecular weight excluding hydrogens is 248 g/mol. The molecule has 0 spiro atoms. The van der Waals surface area contributed by atoms with Crippen molar-refractivity contribution >= 4 is 5.91 Å². The number of hydrogen-bond donors (Lipinski definition) is 0. The highest BCUT2D eigenvalue weighted by atomic mass is 19.1. The molecule has 1 aromatic rings. The van der Waals surface area contributed by atoms with Gasteiger partial charge in [-0.2, -0.15) is 0 Å². The molecule has 1 unspecified atom stereocenters. The van der Waals surface area contributed by atoms with Gasteiger partial charge in [0.05, 0.1) is 6.42 Å². The number of carbonyl (C=O) groups excluding carboxylic acids is 1. The maximum absolute atomic E-state index is 13.5. The summed E-state index contributed by atoms with van der Waals surface area (Å²) in [4.78, 5) is 14.1. The molecular formula is C15H19F2NO. The van der Waals surface area contributed by atoms with E-state index in [2.05, 4.69) is 6.92 Å². The molecule has 4 heteroatoms. The van der Waals surface area contributed by atoms with E-state index in [0.717, 1.165) is 38.3 Å². The Hall–Kier alpha value is -1.45. The first-order valence-corrected chi connectivity index (χ1v) is 6.85. The summed E-state index contributed by atoms with van der Waals surface area (Å²) in [6, 6.07) is 3.65. The lowest BCUT2D eigenvalue weighted by atomic mass is 9.99. The van der Waals surface area contributed by atoms with Crippen LogP contribution in [0.4, 0.5) is 8.78 Å². The molecule has 1 heterocycles. The molecule has 104 valence electrons. The first-order valence-electron chi connectivity index (χ1n) is 6.85. The molecule has 1 atom stereocenters. The lowest BCUT2D eigenvalue weighted by molar-refractivity contribution is -0.134. The van der Waals surface area contributed by atoms with Gasteiger partial charge in [0.25, 0.3) is 0 Å². The first-order chi connectivity index (χ1) is 9.11. The molecule has 2 nitrogen and oxygen atoms in total. The van der Waals surface area contributed by atoms with Crippen LogP contribution in [-0.2, 0) is 11.2 Å². The maximum atomic E-state index is 13.5. The fraction of sp³-hybridized carbons (Fsp3) is 0.533. The van der Waals surface area contributed by atoms with Gasteiger partial charge in [0.15, 0.2) is 0 Å². The molecule has 0 N–H and O–H groups in total. The lowest BCUT2D eigenvalue weighted by Gasteiger charge is -2.35. The minimum atomic E-state index is -0.640. The van der Waals surface area contributed by atoms with Crippen LogP contribution >= 0.6 is 0 Å². The zero-order valence-electron chi connectivity index (χ0n) is 11.2. The summed E-state index contributed by atoms with van der Waals surface area (Å²) in [7, 11) is 0. The molecule has 1 aliphatic rings. The molecule has 1 fully saturated rings. The van der Waals surface area contributed by atoms with Gasteiger partial charge in [0.1, 0.15) is 11.6 Å². The van der Waals surface area contributed by atoms with Crippen LogP contribution in [-0.4, -0.2) is 23.4 Å². The van der Waals surface area contributed by atoms with Crippen molar-refractivity contribution in [2.45, 2.75) is 45.1 Å². The van der Waals surface area contributed by atoms with E-state index in [9.17, 15) is 13.6 Å². The molecule has 0 aliphatic carbocycles. The van der Waals surface area contributed by atoms with Crippen LogP contribution in [0.1, 0.15) is 38.2 Å². The van der Waals surface area contributed by atoms with E-state index >= 15 is 0 Å². The highest BCUT2D eigenvalue weighted by Crippen LogP contribution is 2.21. The summed E-state index contributed by atoms with van der Waals surface area (Å²) in [5.41, 5.74) is 0.270. The van der Waals surface area contributed by atoms with E-state index in [0.29, 0.717) is 0 Å².